The SMILES string of the molecule is CC1CN(c2ccc([N+](=O)[O-])cc2[N+](=O)[O-])CC(C)N1. The van der Waals surface area contributed by atoms with Crippen LogP contribution in [0.15, 0.2) is 18.2 Å². The van der Waals surface area contributed by atoms with Crippen LogP contribution in [0.25, 0.3) is 0 Å². The third kappa shape index (κ3) is 2.85. The van der Waals surface area contributed by atoms with Crippen molar-refractivity contribution in [2.45, 2.75) is 25.9 Å². The fourth-order valence-electron chi connectivity index (χ4n) is 2.56. The van der Waals surface area contributed by atoms with E-state index in [1.807, 2.05) is 18.7 Å². The largest absolute Gasteiger partial charge is 0.363 e. The summed E-state index contributed by atoms with van der Waals surface area (Å²) in [4.78, 5) is 22.6. The molecule has 1 aliphatic heterocycles. The van der Waals surface area contributed by atoms with E-state index >= 15 is 0 Å². The van der Waals surface area contributed by atoms with Gasteiger partial charge in [0.15, 0.2) is 0 Å². The lowest BCUT2D eigenvalue weighted by atomic mass is 10.1. The van der Waals surface area contributed by atoms with Gasteiger partial charge in [0.2, 0.25) is 0 Å². The van der Waals surface area contributed by atoms with Gasteiger partial charge in [0, 0.05) is 31.2 Å². The molecule has 1 fully saturated rings. The normalized spacial score (nSPS) is 22.6. The average Bonchev–Trinajstić information content (AvgIpc) is 2.36. The number of piperazine rings is 1. The van der Waals surface area contributed by atoms with Crippen LogP contribution in [-0.2, 0) is 0 Å². The molecule has 1 saturated heterocycles. The highest BCUT2D eigenvalue weighted by molar-refractivity contribution is 5.67. The van der Waals surface area contributed by atoms with Gasteiger partial charge in [-0.2, -0.15) is 0 Å². The summed E-state index contributed by atoms with van der Waals surface area (Å²) in [7, 11) is 0. The van der Waals surface area contributed by atoms with Gasteiger partial charge in [-0.15, -0.1) is 0 Å². The average molecular weight is 280 g/mol. The summed E-state index contributed by atoms with van der Waals surface area (Å²) in [5.74, 6) is 0. The molecule has 8 heteroatoms. The lowest BCUT2D eigenvalue weighted by Gasteiger charge is -2.37. The second-order valence-electron chi connectivity index (χ2n) is 5.06. The Morgan fingerprint density at radius 1 is 1.15 bits per heavy atom. The molecule has 1 aliphatic rings. The summed E-state index contributed by atoms with van der Waals surface area (Å²) in [6.07, 6.45) is 0. The van der Waals surface area contributed by atoms with E-state index in [4.69, 9.17) is 0 Å². The van der Waals surface area contributed by atoms with Crippen molar-refractivity contribution in [1.29, 1.82) is 0 Å². The molecule has 0 saturated carbocycles. The summed E-state index contributed by atoms with van der Waals surface area (Å²) < 4.78 is 0. The lowest BCUT2D eigenvalue weighted by molar-refractivity contribution is -0.393. The van der Waals surface area contributed by atoms with Crippen LogP contribution >= 0.6 is 0 Å². The van der Waals surface area contributed by atoms with Gasteiger partial charge >= 0.3 is 0 Å². The van der Waals surface area contributed by atoms with Gasteiger partial charge in [-0.1, -0.05) is 0 Å². The Labute approximate surface area is 115 Å². The number of nitro benzene ring substituents is 2. The highest BCUT2D eigenvalue weighted by atomic mass is 16.6. The minimum absolute atomic E-state index is 0.202. The fourth-order valence-corrected chi connectivity index (χ4v) is 2.56. The molecule has 0 amide bonds. The summed E-state index contributed by atoms with van der Waals surface area (Å²) >= 11 is 0. The first-order valence-corrected chi connectivity index (χ1v) is 6.32. The first-order valence-electron chi connectivity index (χ1n) is 6.32. The summed E-state index contributed by atoms with van der Waals surface area (Å²) in [6, 6.07) is 4.19. The number of anilines is 1. The topological polar surface area (TPSA) is 102 Å². The van der Waals surface area contributed by atoms with E-state index < -0.39 is 9.85 Å². The molecule has 108 valence electrons. The zero-order chi connectivity index (χ0) is 14.9. The lowest BCUT2D eigenvalue weighted by Crippen LogP contribution is -2.54. The second kappa shape index (κ2) is 5.41. The maximum atomic E-state index is 11.1. The van der Waals surface area contributed by atoms with Crippen LogP contribution in [0.4, 0.5) is 17.1 Å². The molecule has 0 aromatic heterocycles. The number of non-ortho nitro benzene ring substituents is 1. The Morgan fingerprint density at radius 3 is 2.25 bits per heavy atom. The van der Waals surface area contributed by atoms with Crippen LogP contribution in [-0.4, -0.2) is 35.0 Å². The van der Waals surface area contributed by atoms with E-state index in [1.54, 1.807) is 0 Å². The summed E-state index contributed by atoms with van der Waals surface area (Å²) in [5.41, 5.74) is -0.0574. The maximum Gasteiger partial charge on any atom is 0.299 e. The standard InChI is InChI=1S/C12H16N4O4/c1-8-6-14(7-9(2)13-8)11-4-3-10(15(17)18)5-12(11)16(19)20/h3-5,8-9,13H,6-7H2,1-2H3. The smallest absolute Gasteiger partial charge is 0.299 e. The van der Waals surface area contributed by atoms with Gasteiger partial charge in [0.1, 0.15) is 5.69 Å². The molecule has 2 unspecified atom stereocenters. The van der Waals surface area contributed by atoms with Crippen LogP contribution in [0.1, 0.15) is 13.8 Å². The molecule has 1 aromatic rings. The number of hydrogen-bond acceptors (Lipinski definition) is 6. The number of benzene rings is 1. The molecule has 8 nitrogen and oxygen atoms in total. The molecule has 0 aliphatic carbocycles. The van der Waals surface area contributed by atoms with Gasteiger partial charge in [0.05, 0.1) is 15.9 Å². The zero-order valence-corrected chi connectivity index (χ0v) is 11.3. The van der Waals surface area contributed by atoms with E-state index in [2.05, 4.69) is 5.32 Å². The van der Waals surface area contributed by atoms with Crippen LogP contribution in [0, 0.1) is 20.2 Å². The van der Waals surface area contributed by atoms with Crippen LogP contribution in [0.5, 0.6) is 0 Å². The predicted octanol–water partition coefficient (Wildman–Crippen LogP) is 1.69. The van der Waals surface area contributed by atoms with Crippen molar-refractivity contribution in [2.24, 2.45) is 0 Å². The molecule has 1 aromatic carbocycles. The molecule has 0 radical (unpaired) electrons. The minimum atomic E-state index is -0.625. The Kier molecular flexibility index (Phi) is 3.84. The van der Waals surface area contributed by atoms with Crippen molar-refractivity contribution in [2.75, 3.05) is 18.0 Å². The van der Waals surface area contributed by atoms with Crippen molar-refractivity contribution >= 4 is 17.1 Å². The Bertz CT molecular complexity index is 538. The molecule has 0 bridgehead atoms. The van der Waals surface area contributed by atoms with E-state index in [1.165, 1.54) is 12.1 Å². The van der Waals surface area contributed by atoms with Crippen LogP contribution in [0.2, 0.25) is 0 Å². The fraction of sp³-hybridized carbons (Fsp3) is 0.500. The second-order valence-corrected chi connectivity index (χ2v) is 5.06. The molecular formula is C12H16N4O4. The molecule has 1 heterocycles. The zero-order valence-electron chi connectivity index (χ0n) is 11.3. The molecule has 2 rings (SSSR count). The maximum absolute atomic E-state index is 11.1. The van der Waals surface area contributed by atoms with Crippen LogP contribution in [0.3, 0.4) is 0 Å². The van der Waals surface area contributed by atoms with Crippen molar-refractivity contribution in [3.05, 3.63) is 38.4 Å². The van der Waals surface area contributed by atoms with E-state index in [0.717, 1.165) is 6.07 Å². The Balaban J connectivity index is 2.40. The third-order valence-corrected chi connectivity index (χ3v) is 3.26. The van der Waals surface area contributed by atoms with Gasteiger partial charge in [-0.25, -0.2) is 0 Å². The van der Waals surface area contributed by atoms with Crippen molar-refractivity contribution in [1.82, 2.24) is 5.32 Å². The van der Waals surface area contributed by atoms with Crippen LogP contribution < -0.4 is 10.2 Å². The molecule has 20 heavy (non-hydrogen) atoms. The Morgan fingerprint density at radius 2 is 1.75 bits per heavy atom. The van der Waals surface area contributed by atoms with Crippen molar-refractivity contribution < 1.29 is 9.85 Å². The summed E-state index contributed by atoms with van der Waals surface area (Å²) in [6.45, 7) is 5.26. The number of nitrogens with one attached hydrogen (secondary N) is 1. The summed E-state index contributed by atoms with van der Waals surface area (Å²) in [5, 5.41) is 25.2. The number of rotatable bonds is 3. The Hall–Kier alpha value is -2.22. The van der Waals surface area contributed by atoms with Gasteiger partial charge < -0.3 is 10.2 Å². The number of hydrogen-bond donors (Lipinski definition) is 1. The van der Waals surface area contributed by atoms with E-state index in [9.17, 15) is 20.2 Å². The van der Waals surface area contributed by atoms with Gasteiger partial charge in [0.25, 0.3) is 11.4 Å². The minimum Gasteiger partial charge on any atom is -0.363 e. The van der Waals surface area contributed by atoms with Crippen molar-refractivity contribution in [3.8, 4) is 0 Å². The molecule has 0 spiro atoms. The monoisotopic (exact) mass is 280 g/mol. The number of nitro groups is 2. The quantitative estimate of drug-likeness (QED) is 0.667. The number of nitrogens with zero attached hydrogens (tertiary/aromatic N) is 3. The van der Waals surface area contributed by atoms with E-state index in [0.29, 0.717) is 18.8 Å². The van der Waals surface area contributed by atoms with Crippen molar-refractivity contribution in [3.63, 3.8) is 0 Å². The highest BCUT2D eigenvalue weighted by Gasteiger charge is 2.28. The molecule has 1 N–H and O–H groups in total. The highest BCUT2D eigenvalue weighted by Crippen LogP contribution is 2.32. The third-order valence-electron chi connectivity index (χ3n) is 3.26. The molecule has 2 atom stereocenters. The predicted molar refractivity (Wildman–Crippen MR) is 74.0 cm³/mol. The molecular weight excluding hydrogens is 264 g/mol. The van der Waals surface area contributed by atoms with Gasteiger partial charge in [-0.3, -0.25) is 20.2 Å². The first-order chi connectivity index (χ1) is 9.38. The van der Waals surface area contributed by atoms with E-state index in [-0.39, 0.29) is 23.5 Å². The first kappa shape index (κ1) is 14.2. The van der Waals surface area contributed by atoms with Gasteiger partial charge in [-0.05, 0) is 19.9 Å².